The van der Waals surface area contributed by atoms with Crippen molar-refractivity contribution in [2.24, 2.45) is 0 Å². The average molecular weight is 364 g/mol. The van der Waals surface area contributed by atoms with Gasteiger partial charge >= 0.3 is 5.97 Å². The van der Waals surface area contributed by atoms with Gasteiger partial charge in [0.05, 0.1) is 12.0 Å². The van der Waals surface area contributed by atoms with Crippen LogP contribution in [-0.2, 0) is 14.3 Å². The molecule has 2 aromatic rings. The third-order valence-corrected chi connectivity index (χ3v) is 4.99. The summed E-state index contributed by atoms with van der Waals surface area (Å²) < 4.78 is 5.32. The number of benzene rings is 2. The van der Waals surface area contributed by atoms with Crippen molar-refractivity contribution in [1.29, 1.82) is 0 Å². The number of hydrogen-bond donors (Lipinski definition) is 1. The maximum Gasteiger partial charge on any atom is 0.339 e. The minimum Gasteiger partial charge on any atom is -0.453 e. The van der Waals surface area contributed by atoms with E-state index in [9.17, 15) is 14.4 Å². The number of anilines is 2. The first-order valence-electron chi connectivity index (χ1n) is 9.04. The second-order valence-corrected chi connectivity index (χ2v) is 6.88. The van der Waals surface area contributed by atoms with Crippen molar-refractivity contribution in [2.45, 2.75) is 32.3 Å². The van der Waals surface area contributed by atoms with E-state index in [0.717, 1.165) is 29.8 Å². The van der Waals surface area contributed by atoms with Crippen molar-refractivity contribution in [3.8, 4) is 0 Å². The monoisotopic (exact) mass is 364 g/mol. The molecular weight excluding hydrogens is 344 g/mol. The van der Waals surface area contributed by atoms with Crippen LogP contribution in [-0.4, -0.2) is 24.3 Å². The number of fused-ring (bicyclic) bond motifs is 1. The molecule has 0 bridgehead atoms. The van der Waals surface area contributed by atoms with Gasteiger partial charge in [0.1, 0.15) is 6.10 Å². The van der Waals surface area contributed by atoms with Gasteiger partial charge in [-0.2, -0.15) is 0 Å². The van der Waals surface area contributed by atoms with E-state index in [2.05, 4.69) is 5.32 Å². The Hall–Kier alpha value is -3.15. The van der Waals surface area contributed by atoms with Crippen LogP contribution < -0.4 is 10.2 Å². The Balaban J connectivity index is 1.44. The minimum absolute atomic E-state index is 0.0637. The van der Waals surface area contributed by atoms with E-state index >= 15 is 0 Å². The molecule has 6 heteroatoms. The van der Waals surface area contributed by atoms with Crippen LogP contribution >= 0.6 is 0 Å². The third kappa shape index (κ3) is 3.30. The highest BCUT2D eigenvalue weighted by Gasteiger charge is 2.32. The zero-order chi connectivity index (χ0) is 19.0. The Bertz CT molecular complexity index is 938. The zero-order valence-corrected chi connectivity index (χ0v) is 15.0. The van der Waals surface area contributed by atoms with Gasteiger partial charge in [-0.3, -0.25) is 9.59 Å². The minimum atomic E-state index is -0.559. The average Bonchev–Trinajstić information content (AvgIpc) is 3.19. The molecule has 6 nitrogen and oxygen atoms in total. The zero-order valence-electron chi connectivity index (χ0n) is 15.0. The fraction of sp³-hybridized carbons (Fsp3) is 0.286. The third-order valence-electron chi connectivity index (χ3n) is 4.99. The maximum absolute atomic E-state index is 12.4. The predicted octanol–water partition coefficient (Wildman–Crippen LogP) is 3.36. The lowest BCUT2D eigenvalue weighted by Crippen LogP contribution is -2.24. The van der Waals surface area contributed by atoms with E-state index in [1.54, 1.807) is 23.1 Å². The van der Waals surface area contributed by atoms with Crippen molar-refractivity contribution in [1.82, 2.24) is 0 Å². The Morgan fingerprint density at radius 2 is 2.04 bits per heavy atom. The van der Waals surface area contributed by atoms with Gasteiger partial charge in [0.15, 0.2) is 0 Å². The van der Waals surface area contributed by atoms with Crippen LogP contribution in [0.1, 0.15) is 46.9 Å². The van der Waals surface area contributed by atoms with Crippen LogP contribution in [0.5, 0.6) is 0 Å². The Morgan fingerprint density at radius 3 is 2.78 bits per heavy atom. The molecule has 2 aliphatic heterocycles. The number of ether oxygens (including phenoxy) is 1. The number of hydrogen-bond acceptors (Lipinski definition) is 4. The molecular formula is C21H20N2O4. The highest BCUT2D eigenvalue weighted by atomic mass is 16.5. The van der Waals surface area contributed by atoms with E-state index in [4.69, 9.17) is 4.74 Å². The topological polar surface area (TPSA) is 75.7 Å². The maximum atomic E-state index is 12.4. The van der Waals surface area contributed by atoms with E-state index < -0.39 is 6.10 Å². The summed E-state index contributed by atoms with van der Waals surface area (Å²) in [7, 11) is 0. The Morgan fingerprint density at radius 1 is 1.22 bits per heavy atom. The number of esters is 1. The molecule has 0 aromatic heterocycles. The van der Waals surface area contributed by atoms with Crippen LogP contribution in [0, 0.1) is 6.92 Å². The molecule has 1 atom stereocenters. The largest absolute Gasteiger partial charge is 0.453 e. The molecule has 0 aliphatic carbocycles. The van der Waals surface area contributed by atoms with Crippen LogP contribution in [0.25, 0.3) is 0 Å². The van der Waals surface area contributed by atoms with Crippen molar-refractivity contribution >= 4 is 29.2 Å². The summed E-state index contributed by atoms with van der Waals surface area (Å²) >= 11 is 0. The number of carbonyl (C=O) groups is 3. The van der Waals surface area contributed by atoms with Gasteiger partial charge in [-0.05, 0) is 43.2 Å². The highest BCUT2D eigenvalue weighted by Crippen LogP contribution is 2.33. The first kappa shape index (κ1) is 17.3. The molecule has 1 N–H and O–H groups in total. The quantitative estimate of drug-likeness (QED) is 0.844. The number of cyclic esters (lactones) is 1. The molecule has 2 heterocycles. The molecule has 1 fully saturated rings. The lowest BCUT2D eigenvalue weighted by atomic mass is 10.0. The normalized spacial score (nSPS) is 18.4. The van der Waals surface area contributed by atoms with Crippen molar-refractivity contribution in [2.75, 3.05) is 16.8 Å². The van der Waals surface area contributed by atoms with E-state index in [0.29, 0.717) is 17.7 Å². The summed E-state index contributed by atoms with van der Waals surface area (Å²) in [5, 5.41) is 2.85. The molecule has 1 unspecified atom stereocenters. The fourth-order valence-corrected chi connectivity index (χ4v) is 3.69. The number of aryl methyl sites for hydroxylation is 1. The summed E-state index contributed by atoms with van der Waals surface area (Å²) in [5.74, 6) is -0.482. The predicted molar refractivity (Wildman–Crippen MR) is 101 cm³/mol. The molecule has 138 valence electrons. The molecule has 0 radical (unpaired) electrons. The van der Waals surface area contributed by atoms with Gasteiger partial charge in [0.25, 0.3) is 0 Å². The summed E-state index contributed by atoms with van der Waals surface area (Å²) in [4.78, 5) is 38.0. The van der Waals surface area contributed by atoms with Crippen LogP contribution in [0.3, 0.4) is 0 Å². The second-order valence-electron chi connectivity index (χ2n) is 6.88. The van der Waals surface area contributed by atoms with Gasteiger partial charge in [-0.1, -0.05) is 18.2 Å². The van der Waals surface area contributed by atoms with Gasteiger partial charge in [0, 0.05) is 29.9 Å². The summed E-state index contributed by atoms with van der Waals surface area (Å²) in [6, 6.07) is 12.6. The summed E-state index contributed by atoms with van der Waals surface area (Å²) in [6.07, 6.45) is 0.961. The van der Waals surface area contributed by atoms with Crippen molar-refractivity contribution in [3.05, 3.63) is 59.2 Å². The van der Waals surface area contributed by atoms with Gasteiger partial charge in [-0.15, -0.1) is 0 Å². The van der Waals surface area contributed by atoms with Crippen molar-refractivity contribution < 1.29 is 19.1 Å². The molecule has 1 saturated heterocycles. The standard InChI is InChI=1S/C21H20N2O4/c1-13-11-14(8-9-17(13)23-10-4-7-20(23)25)22-19(24)12-18-15-5-2-3-6-16(15)21(26)27-18/h2-3,5-6,8-9,11,18H,4,7,10,12H2,1H3,(H,22,24). The smallest absolute Gasteiger partial charge is 0.339 e. The van der Waals surface area contributed by atoms with Crippen molar-refractivity contribution in [3.63, 3.8) is 0 Å². The van der Waals surface area contributed by atoms with E-state index in [1.165, 1.54) is 0 Å². The molecule has 2 aromatic carbocycles. The van der Waals surface area contributed by atoms with Crippen LogP contribution in [0.2, 0.25) is 0 Å². The van der Waals surface area contributed by atoms with Gasteiger partial charge in [0.2, 0.25) is 11.8 Å². The molecule has 0 saturated carbocycles. The molecule has 4 rings (SSSR count). The Labute approximate surface area is 157 Å². The lowest BCUT2D eigenvalue weighted by Gasteiger charge is -2.19. The number of nitrogens with one attached hydrogen (secondary N) is 1. The second kappa shape index (κ2) is 6.87. The molecule has 2 aliphatic rings. The van der Waals surface area contributed by atoms with Gasteiger partial charge in [-0.25, -0.2) is 4.79 Å². The molecule has 27 heavy (non-hydrogen) atoms. The van der Waals surface area contributed by atoms with Crippen LogP contribution in [0.15, 0.2) is 42.5 Å². The SMILES string of the molecule is Cc1cc(NC(=O)CC2OC(=O)c3ccccc32)ccc1N1CCCC1=O. The fourth-order valence-electron chi connectivity index (χ4n) is 3.69. The number of nitrogens with zero attached hydrogens (tertiary/aromatic N) is 1. The number of carbonyl (C=O) groups excluding carboxylic acids is 3. The Kier molecular flexibility index (Phi) is 4.39. The first-order valence-corrected chi connectivity index (χ1v) is 9.04. The molecule has 0 spiro atoms. The molecule has 2 amide bonds. The van der Waals surface area contributed by atoms with E-state index in [-0.39, 0.29) is 24.2 Å². The van der Waals surface area contributed by atoms with E-state index in [1.807, 2.05) is 31.2 Å². The van der Waals surface area contributed by atoms with Gasteiger partial charge < -0.3 is 15.0 Å². The number of rotatable bonds is 4. The lowest BCUT2D eigenvalue weighted by molar-refractivity contribution is -0.118. The number of amides is 2. The highest BCUT2D eigenvalue weighted by molar-refractivity contribution is 5.98. The first-order chi connectivity index (χ1) is 13.0. The summed E-state index contributed by atoms with van der Waals surface area (Å²) in [5.41, 5.74) is 3.74. The van der Waals surface area contributed by atoms with Crippen LogP contribution in [0.4, 0.5) is 11.4 Å². The summed E-state index contributed by atoms with van der Waals surface area (Å²) in [6.45, 7) is 2.66.